The molecule has 0 aliphatic carbocycles. The highest BCUT2D eigenvalue weighted by Gasteiger charge is 2.11. The van der Waals surface area contributed by atoms with E-state index in [2.05, 4.69) is 4.98 Å². The van der Waals surface area contributed by atoms with E-state index in [-0.39, 0.29) is 6.04 Å². The second-order valence-corrected chi connectivity index (χ2v) is 4.27. The molecular weight excluding hydrogens is 172 g/mol. The first-order valence-electron chi connectivity index (χ1n) is 3.94. The quantitative estimate of drug-likeness (QED) is 0.730. The van der Waals surface area contributed by atoms with E-state index in [1.54, 1.807) is 18.3 Å². The lowest BCUT2D eigenvalue weighted by Crippen LogP contribution is -2.34. The summed E-state index contributed by atoms with van der Waals surface area (Å²) in [6.07, 6.45) is 2.08. The van der Waals surface area contributed by atoms with Crippen LogP contribution in [0.25, 0.3) is 0 Å². The van der Waals surface area contributed by atoms with Crippen molar-refractivity contribution in [3.63, 3.8) is 0 Å². The number of nitrogens with zero attached hydrogens (tertiary/aromatic N) is 1. The molecule has 0 bridgehead atoms. The largest absolute Gasteiger partial charge is 0.392 e. The summed E-state index contributed by atoms with van der Waals surface area (Å²) in [5, 5.41) is 10.2. The van der Waals surface area contributed by atoms with E-state index in [0.717, 1.165) is 9.88 Å². The molecule has 2 atom stereocenters. The molecule has 0 saturated heterocycles. The Morgan fingerprint density at radius 2 is 2.42 bits per heavy atom. The molecule has 0 aliphatic rings. The Bertz CT molecular complexity index is 247. The molecule has 0 spiro atoms. The van der Waals surface area contributed by atoms with Crippen LogP contribution in [-0.2, 0) is 6.42 Å². The molecule has 12 heavy (non-hydrogen) atoms. The molecule has 3 N–H and O–H groups in total. The van der Waals surface area contributed by atoms with Gasteiger partial charge in [0.25, 0.3) is 0 Å². The summed E-state index contributed by atoms with van der Waals surface area (Å²) in [4.78, 5) is 5.25. The van der Waals surface area contributed by atoms with Gasteiger partial charge in [0.2, 0.25) is 0 Å². The van der Waals surface area contributed by atoms with Crippen LogP contribution in [-0.4, -0.2) is 22.2 Å². The first-order valence-corrected chi connectivity index (χ1v) is 4.76. The van der Waals surface area contributed by atoms with Crippen molar-refractivity contribution in [3.05, 3.63) is 16.1 Å². The fourth-order valence-corrected chi connectivity index (χ4v) is 1.77. The SMILES string of the molecule is Cc1ncc(CC(N)C(C)O)s1. The van der Waals surface area contributed by atoms with Gasteiger partial charge in [-0.3, -0.25) is 0 Å². The number of aliphatic hydroxyl groups is 1. The molecular formula is C8H14N2OS. The standard InChI is InChI=1S/C8H14N2OS/c1-5(11)8(9)3-7-4-10-6(2)12-7/h4-5,8,11H,3,9H2,1-2H3. The lowest BCUT2D eigenvalue weighted by atomic mass is 10.1. The Morgan fingerprint density at radius 3 is 2.83 bits per heavy atom. The lowest BCUT2D eigenvalue weighted by molar-refractivity contribution is 0.163. The van der Waals surface area contributed by atoms with Crippen LogP contribution in [0, 0.1) is 6.92 Å². The maximum atomic E-state index is 9.15. The molecule has 1 aromatic heterocycles. The number of rotatable bonds is 3. The zero-order valence-corrected chi connectivity index (χ0v) is 8.14. The highest BCUT2D eigenvalue weighted by molar-refractivity contribution is 7.11. The summed E-state index contributed by atoms with van der Waals surface area (Å²) in [6.45, 7) is 3.67. The maximum Gasteiger partial charge on any atom is 0.0896 e. The molecule has 2 unspecified atom stereocenters. The third-order valence-corrected chi connectivity index (χ3v) is 2.66. The average Bonchev–Trinajstić information content (AvgIpc) is 2.35. The minimum atomic E-state index is -0.451. The van der Waals surface area contributed by atoms with Crippen molar-refractivity contribution in [1.29, 1.82) is 0 Å². The van der Waals surface area contributed by atoms with Gasteiger partial charge in [-0.1, -0.05) is 0 Å². The fraction of sp³-hybridized carbons (Fsp3) is 0.625. The second-order valence-electron chi connectivity index (χ2n) is 2.95. The van der Waals surface area contributed by atoms with Crippen LogP contribution >= 0.6 is 11.3 Å². The first-order chi connectivity index (χ1) is 5.59. The summed E-state index contributed by atoms with van der Waals surface area (Å²) in [5.74, 6) is 0. The van der Waals surface area contributed by atoms with Crippen LogP contribution in [0.15, 0.2) is 6.20 Å². The predicted octanol–water partition coefficient (Wildman–Crippen LogP) is 0.702. The van der Waals surface area contributed by atoms with Gasteiger partial charge in [0.1, 0.15) is 0 Å². The molecule has 0 saturated carbocycles. The number of aliphatic hydroxyl groups excluding tert-OH is 1. The second kappa shape index (κ2) is 3.98. The molecule has 4 heteroatoms. The Balaban J connectivity index is 2.52. The molecule has 0 aromatic carbocycles. The number of aryl methyl sites for hydroxylation is 1. The molecule has 0 aliphatic heterocycles. The third-order valence-electron chi connectivity index (χ3n) is 1.73. The van der Waals surface area contributed by atoms with Crippen LogP contribution in [0.1, 0.15) is 16.8 Å². The Hall–Kier alpha value is -0.450. The average molecular weight is 186 g/mol. The van der Waals surface area contributed by atoms with Crippen LogP contribution in [0.3, 0.4) is 0 Å². The third kappa shape index (κ3) is 2.55. The van der Waals surface area contributed by atoms with Gasteiger partial charge in [-0.05, 0) is 13.8 Å². The van der Waals surface area contributed by atoms with Crippen molar-refractivity contribution in [2.24, 2.45) is 5.73 Å². The molecule has 3 nitrogen and oxygen atoms in total. The van der Waals surface area contributed by atoms with E-state index in [1.165, 1.54) is 0 Å². The molecule has 1 rings (SSSR count). The van der Waals surface area contributed by atoms with E-state index in [4.69, 9.17) is 10.8 Å². The molecule has 0 radical (unpaired) electrons. The highest BCUT2D eigenvalue weighted by atomic mass is 32.1. The van der Waals surface area contributed by atoms with Gasteiger partial charge in [-0.15, -0.1) is 11.3 Å². The van der Waals surface area contributed by atoms with E-state index < -0.39 is 6.10 Å². The zero-order valence-electron chi connectivity index (χ0n) is 7.32. The predicted molar refractivity (Wildman–Crippen MR) is 50.2 cm³/mol. The van der Waals surface area contributed by atoms with Gasteiger partial charge in [0, 0.05) is 23.5 Å². The minimum absolute atomic E-state index is 0.176. The normalized spacial score (nSPS) is 16.0. The van der Waals surface area contributed by atoms with Crippen molar-refractivity contribution in [3.8, 4) is 0 Å². The number of aromatic nitrogens is 1. The number of thiazole rings is 1. The monoisotopic (exact) mass is 186 g/mol. The molecule has 1 aromatic rings. The summed E-state index contributed by atoms with van der Waals surface area (Å²) in [6, 6.07) is -0.176. The Kier molecular flexibility index (Phi) is 3.20. The van der Waals surface area contributed by atoms with E-state index in [0.29, 0.717) is 6.42 Å². The summed E-state index contributed by atoms with van der Waals surface area (Å²) < 4.78 is 0. The maximum absolute atomic E-state index is 9.15. The molecule has 0 amide bonds. The van der Waals surface area contributed by atoms with Crippen molar-refractivity contribution in [2.75, 3.05) is 0 Å². The topological polar surface area (TPSA) is 59.1 Å². The van der Waals surface area contributed by atoms with E-state index in [9.17, 15) is 0 Å². The van der Waals surface area contributed by atoms with Crippen molar-refractivity contribution < 1.29 is 5.11 Å². The van der Waals surface area contributed by atoms with Crippen LogP contribution in [0.5, 0.6) is 0 Å². The number of nitrogens with two attached hydrogens (primary N) is 1. The summed E-state index contributed by atoms with van der Waals surface area (Å²) in [7, 11) is 0. The van der Waals surface area contributed by atoms with Crippen LogP contribution < -0.4 is 5.73 Å². The number of hydrogen-bond donors (Lipinski definition) is 2. The molecule has 0 fully saturated rings. The summed E-state index contributed by atoms with van der Waals surface area (Å²) >= 11 is 1.63. The van der Waals surface area contributed by atoms with E-state index >= 15 is 0 Å². The highest BCUT2D eigenvalue weighted by Crippen LogP contribution is 2.13. The fourth-order valence-electron chi connectivity index (χ4n) is 0.903. The van der Waals surface area contributed by atoms with E-state index in [1.807, 2.05) is 13.1 Å². The van der Waals surface area contributed by atoms with Crippen molar-refractivity contribution in [1.82, 2.24) is 4.98 Å². The Morgan fingerprint density at radius 1 is 1.75 bits per heavy atom. The van der Waals surface area contributed by atoms with Crippen molar-refractivity contribution >= 4 is 11.3 Å². The van der Waals surface area contributed by atoms with Gasteiger partial charge < -0.3 is 10.8 Å². The van der Waals surface area contributed by atoms with Crippen LogP contribution in [0.2, 0.25) is 0 Å². The lowest BCUT2D eigenvalue weighted by Gasteiger charge is -2.12. The smallest absolute Gasteiger partial charge is 0.0896 e. The van der Waals surface area contributed by atoms with Gasteiger partial charge in [-0.2, -0.15) is 0 Å². The van der Waals surface area contributed by atoms with Gasteiger partial charge in [0.15, 0.2) is 0 Å². The van der Waals surface area contributed by atoms with Gasteiger partial charge in [0.05, 0.1) is 11.1 Å². The van der Waals surface area contributed by atoms with Crippen molar-refractivity contribution in [2.45, 2.75) is 32.4 Å². The van der Waals surface area contributed by atoms with Gasteiger partial charge >= 0.3 is 0 Å². The van der Waals surface area contributed by atoms with Gasteiger partial charge in [-0.25, -0.2) is 4.98 Å². The molecule has 68 valence electrons. The minimum Gasteiger partial charge on any atom is -0.392 e. The van der Waals surface area contributed by atoms with Crippen LogP contribution in [0.4, 0.5) is 0 Å². The summed E-state index contributed by atoms with van der Waals surface area (Å²) in [5.41, 5.74) is 5.69. The zero-order chi connectivity index (χ0) is 9.14. The molecule has 1 heterocycles. The first kappa shape index (κ1) is 9.64. The Labute approximate surface area is 76.3 Å². The number of hydrogen-bond acceptors (Lipinski definition) is 4.